The Labute approximate surface area is 273 Å². The van der Waals surface area contributed by atoms with Gasteiger partial charge in [-0.05, 0) is 60.9 Å². The third kappa shape index (κ3) is 12.7. The summed E-state index contributed by atoms with van der Waals surface area (Å²) in [7, 11) is -4.70. The first-order valence-electron chi connectivity index (χ1n) is 15.3. The number of phosphoric ester groups is 1. The zero-order valence-corrected chi connectivity index (χ0v) is 27.2. The Morgan fingerprint density at radius 1 is 1.02 bits per heavy atom. The van der Waals surface area contributed by atoms with Crippen LogP contribution in [0.4, 0.5) is 0 Å². The zero-order valence-electron chi connectivity index (χ0n) is 26.3. The number of rotatable bonds is 16. The minimum absolute atomic E-state index is 0.0137. The van der Waals surface area contributed by atoms with Crippen molar-refractivity contribution in [2.24, 2.45) is 11.7 Å². The number of amides is 5. The molecule has 0 radical (unpaired) electrons. The predicted octanol–water partition coefficient (Wildman–Crippen LogP) is 1.76. The number of primary amides is 1. The van der Waals surface area contributed by atoms with E-state index in [0.717, 1.165) is 5.56 Å². The second-order valence-electron chi connectivity index (χ2n) is 11.6. The van der Waals surface area contributed by atoms with Crippen LogP contribution in [-0.4, -0.2) is 68.9 Å². The molecular weight excluding hydrogens is 629 g/mol. The molecule has 2 aromatic carbocycles. The number of benzene rings is 2. The Bertz CT molecular complexity index is 1480. The van der Waals surface area contributed by atoms with E-state index in [1.54, 1.807) is 0 Å². The molecule has 254 valence electrons. The molecule has 3 atom stereocenters. The quantitative estimate of drug-likeness (QED) is 0.113. The Kier molecular flexibility index (Phi) is 13.7. The molecule has 7 N–H and O–H groups in total. The van der Waals surface area contributed by atoms with E-state index in [4.69, 9.17) is 15.5 Å². The van der Waals surface area contributed by atoms with E-state index >= 15 is 0 Å². The van der Waals surface area contributed by atoms with Crippen LogP contribution >= 0.6 is 7.82 Å². The first kappa shape index (κ1) is 36.9. The highest BCUT2D eigenvalue weighted by Crippen LogP contribution is 2.37. The smallest absolute Gasteiger partial charge is 0.404 e. The maximum Gasteiger partial charge on any atom is 0.524 e. The van der Waals surface area contributed by atoms with Gasteiger partial charge >= 0.3 is 7.82 Å². The van der Waals surface area contributed by atoms with Crippen LogP contribution in [0.25, 0.3) is 6.08 Å². The van der Waals surface area contributed by atoms with Crippen LogP contribution in [0.2, 0.25) is 0 Å². The molecular formula is C32H42N5O9P. The normalized spacial score (nSPS) is 16.0. The first-order valence-corrected chi connectivity index (χ1v) is 16.8. The summed E-state index contributed by atoms with van der Waals surface area (Å²) in [5.41, 5.74) is 6.70. The van der Waals surface area contributed by atoms with E-state index < -0.39 is 55.5 Å². The topological polar surface area (TPSA) is 217 Å². The second kappa shape index (κ2) is 17.4. The number of nitrogens with one attached hydrogen (secondary N) is 3. The third-order valence-electron chi connectivity index (χ3n) is 7.31. The molecule has 0 bridgehead atoms. The number of hydrogen-bond donors (Lipinski definition) is 6. The fourth-order valence-electron chi connectivity index (χ4n) is 5.10. The molecule has 14 nitrogen and oxygen atoms in total. The van der Waals surface area contributed by atoms with Gasteiger partial charge in [0.1, 0.15) is 23.9 Å². The van der Waals surface area contributed by atoms with Crippen molar-refractivity contribution in [2.75, 3.05) is 6.54 Å². The largest absolute Gasteiger partial charge is 0.524 e. The van der Waals surface area contributed by atoms with Gasteiger partial charge in [-0.15, -0.1) is 0 Å². The maximum absolute atomic E-state index is 13.7. The van der Waals surface area contributed by atoms with Crippen molar-refractivity contribution < 1.29 is 42.8 Å². The summed E-state index contributed by atoms with van der Waals surface area (Å²) < 4.78 is 15.5. The van der Waals surface area contributed by atoms with Crippen LogP contribution in [-0.2, 0) is 35.1 Å². The molecule has 1 aliphatic rings. The maximum atomic E-state index is 13.7. The van der Waals surface area contributed by atoms with Gasteiger partial charge in [-0.3, -0.25) is 33.8 Å². The van der Waals surface area contributed by atoms with Crippen LogP contribution in [0.3, 0.4) is 0 Å². The molecule has 1 aliphatic heterocycles. The van der Waals surface area contributed by atoms with Gasteiger partial charge in [0.05, 0.1) is 0 Å². The van der Waals surface area contributed by atoms with Crippen LogP contribution in [0.5, 0.6) is 5.75 Å². The summed E-state index contributed by atoms with van der Waals surface area (Å²) in [4.78, 5) is 83.8. The third-order valence-corrected chi connectivity index (χ3v) is 7.76. The van der Waals surface area contributed by atoms with Crippen molar-refractivity contribution in [1.29, 1.82) is 0 Å². The standard InChI is InChI=1S/C32H42N5O9P/c1-21(2)19-26(35-29(39)17-12-22-10-13-24(14-11-22)46-47(43,44)45)32(42)37-18-6-9-27(37)31(41)36-25(15-16-28(33)38)30(40)34-20-23-7-4-3-5-8-23/h3-5,7-8,10-14,17,21,25-27H,6,9,15-16,18-20H2,1-2H3,(H2,33,38)(H,34,40)(H,35,39)(H,36,41)(H2,43,44,45)/b17-12+/t25-,26-,27-/m0/s1. The van der Waals surface area contributed by atoms with Gasteiger partial charge in [0, 0.05) is 25.6 Å². The summed E-state index contributed by atoms with van der Waals surface area (Å²) in [6.07, 6.45) is 3.76. The number of nitrogens with two attached hydrogens (primary N) is 1. The van der Waals surface area contributed by atoms with Crippen LogP contribution < -0.4 is 26.2 Å². The van der Waals surface area contributed by atoms with Gasteiger partial charge in [0.2, 0.25) is 29.5 Å². The SMILES string of the molecule is CC(C)C[C@H](NC(=O)/C=C/c1ccc(OP(=O)(O)O)cc1)C(=O)N1CCC[C@H]1C(=O)N[C@@H](CCC(N)=O)C(=O)NCc1ccccc1. The van der Waals surface area contributed by atoms with Gasteiger partial charge in [0.25, 0.3) is 0 Å². The number of hydrogen-bond acceptors (Lipinski definition) is 7. The molecule has 0 aliphatic carbocycles. The molecule has 0 aromatic heterocycles. The van der Waals surface area contributed by atoms with Crippen molar-refractivity contribution in [3.8, 4) is 5.75 Å². The lowest BCUT2D eigenvalue weighted by Crippen LogP contribution is -2.56. The zero-order chi connectivity index (χ0) is 34.6. The van der Waals surface area contributed by atoms with Crippen molar-refractivity contribution in [3.05, 3.63) is 71.8 Å². The van der Waals surface area contributed by atoms with Gasteiger partial charge in [0.15, 0.2) is 0 Å². The fourth-order valence-corrected chi connectivity index (χ4v) is 5.49. The Hall–Kier alpha value is -4.52. The van der Waals surface area contributed by atoms with E-state index in [1.807, 2.05) is 44.2 Å². The van der Waals surface area contributed by atoms with E-state index in [9.17, 15) is 28.5 Å². The van der Waals surface area contributed by atoms with Gasteiger partial charge in [-0.25, -0.2) is 4.57 Å². The van der Waals surface area contributed by atoms with Gasteiger partial charge in [-0.1, -0.05) is 56.3 Å². The average molecular weight is 672 g/mol. The van der Waals surface area contributed by atoms with Crippen LogP contribution in [0, 0.1) is 5.92 Å². The number of likely N-dealkylation sites (tertiary alicyclic amines) is 1. The Morgan fingerprint density at radius 2 is 1.70 bits per heavy atom. The number of nitrogens with zero attached hydrogens (tertiary/aromatic N) is 1. The lowest BCUT2D eigenvalue weighted by molar-refractivity contribution is -0.142. The molecule has 1 fully saturated rings. The first-order chi connectivity index (χ1) is 22.2. The molecule has 0 saturated carbocycles. The molecule has 5 amide bonds. The molecule has 0 unspecified atom stereocenters. The molecule has 0 spiro atoms. The van der Waals surface area contributed by atoms with E-state index in [1.165, 1.54) is 41.3 Å². The highest BCUT2D eigenvalue weighted by atomic mass is 31.2. The molecule has 1 saturated heterocycles. The molecule has 3 rings (SSSR count). The molecule has 15 heteroatoms. The summed E-state index contributed by atoms with van der Waals surface area (Å²) in [5, 5.41) is 8.21. The number of phosphoric acid groups is 1. The van der Waals surface area contributed by atoms with Crippen molar-refractivity contribution in [1.82, 2.24) is 20.9 Å². The summed E-state index contributed by atoms with van der Waals surface area (Å²) in [6.45, 7) is 4.30. The minimum atomic E-state index is -4.70. The van der Waals surface area contributed by atoms with Crippen molar-refractivity contribution in [3.63, 3.8) is 0 Å². The monoisotopic (exact) mass is 671 g/mol. The lowest BCUT2D eigenvalue weighted by Gasteiger charge is -2.30. The molecule has 47 heavy (non-hydrogen) atoms. The molecule has 1 heterocycles. The fraction of sp³-hybridized carbons (Fsp3) is 0.406. The van der Waals surface area contributed by atoms with Crippen molar-refractivity contribution >= 4 is 43.4 Å². The summed E-state index contributed by atoms with van der Waals surface area (Å²) in [6, 6.07) is 12.0. The second-order valence-corrected chi connectivity index (χ2v) is 12.8. The van der Waals surface area contributed by atoms with Gasteiger partial charge in [-0.2, -0.15) is 0 Å². The predicted molar refractivity (Wildman–Crippen MR) is 173 cm³/mol. The van der Waals surface area contributed by atoms with E-state index in [-0.39, 0.29) is 37.6 Å². The van der Waals surface area contributed by atoms with E-state index in [0.29, 0.717) is 24.8 Å². The number of carbonyl (C=O) groups excluding carboxylic acids is 5. The number of carbonyl (C=O) groups is 5. The Balaban J connectivity index is 1.66. The van der Waals surface area contributed by atoms with Gasteiger partial charge < -0.3 is 31.1 Å². The van der Waals surface area contributed by atoms with Crippen molar-refractivity contribution in [2.45, 2.75) is 70.6 Å². The molecule has 2 aromatic rings. The minimum Gasteiger partial charge on any atom is -0.404 e. The highest BCUT2D eigenvalue weighted by Gasteiger charge is 2.39. The van der Waals surface area contributed by atoms with E-state index in [2.05, 4.69) is 20.5 Å². The Morgan fingerprint density at radius 3 is 2.32 bits per heavy atom. The summed E-state index contributed by atoms with van der Waals surface area (Å²) in [5.74, 6) is -2.65. The highest BCUT2D eigenvalue weighted by molar-refractivity contribution is 7.46. The lowest BCUT2D eigenvalue weighted by atomic mass is 10.0. The average Bonchev–Trinajstić information content (AvgIpc) is 3.50. The van der Waals surface area contributed by atoms with Crippen LogP contribution in [0.15, 0.2) is 60.7 Å². The van der Waals surface area contributed by atoms with Crippen LogP contribution in [0.1, 0.15) is 57.1 Å². The summed E-state index contributed by atoms with van der Waals surface area (Å²) >= 11 is 0.